The van der Waals surface area contributed by atoms with Gasteiger partial charge in [-0.3, -0.25) is 9.98 Å². The van der Waals surface area contributed by atoms with Crippen molar-refractivity contribution in [3.05, 3.63) is 193 Å². The highest BCUT2D eigenvalue weighted by molar-refractivity contribution is 6.13. The molecule has 0 radical (unpaired) electrons. The van der Waals surface area contributed by atoms with E-state index in [2.05, 4.69) is 157 Å². The van der Waals surface area contributed by atoms with Gasteiger partial charge in [-0.2, -0.15) is 0 Å². The van der Waals surface area contributed by atoms with Crippen molar-refractivity contribution >= 4 is 22.2 Å². The van der Waals surface area contributed by atoms with Crippen LogP contribution in [-0.2, 0) is 0 Å². The number of benzene rings is 6. The summed E-state index contributed by atoms with van der Waals surface area (Å²) in [7, 11) is 0. The first-order valence-electron chi connectivity index (χ1n) is 15.6. The summed E-state index contributed by atoms with van der Waals surface area (Å²) in [5.41, 5.74) is 12.0. The van der Waals surface area contributed by atoms with Crippen LogP contribution in [0, 0.1) is 0 Å². The number of nitrogens with zero attached hydrogens (tertiary/aromatic N) is 2. The molecule has 1 N–H and O–H groups in total. The molecule has 0 amide bonds. The van der Waals surface area contributed by atoms with Crippen LogP contribution in [0.1, 0.15) is 22.9 Å². The number of hydrogen-bond acceptors (Lipinski definition) is 3. The van der Waals surface area contributed by atoms with E-state index in [0.29, 0.717) is 0 Å². The van der Waals surface area contributed by atoms with Crippen molar-refractivity contribution in [3.8, 4) is 33.5 Å². The fourth-order valence-electron chi connectivity index (χ4n) is 6.15. The molecule has 0 fully saturated rings. The molecule has 8 rings (SSSR count). The van der Waals surface area contributed by atoms with E-state index in [9.17, 15) is 0 Å². The van der Waals surface area contributed by atoms with Crippen LogP contribution in [0.5, 0.6) is 0 Å². The maximum Gasteiger partial charge on any atom is 0.145 e. The number of pyridine rings is 1. The summed E-state index contributed by atoms with van der Waals surface area (Å²) in [5.74, 6) is 0. The van der Waals surface area contributed by atoms with Crippen LogP contribution in [0.15, 0.2) is 181 Å². The first-order chi connectivity index (χ1) is 22.8. The van der Waals surface area contributed by atoms with Crippen LogP contribution in [-0.4, -0.2) is 10.7 Å². The molecule has 1 atom stereocenters. The largest absolute Gasteiger partial charge is 0.360 e. The third-order valence-electron chi connectivity index (χ3n) is 8.58. The van der Waals surface area contributed by atoms with Gasteiger partial charge in [0.2, 0.25) is 0 Å². The van der Waals surface area contributed by atoms with E-state index in [4.69, 9.17) is 9.98 Å². The minimum atomic E-state index is -0.192. The number of allylic oxidation sites excluding steroid dienone is 1. The van der Waals surface area contributed by atoms with E-state index in [1.807, 2.05) is 24.4 Å². The summed E-state index contributed by atoms with van der Waals surface area (Å²) >= 11 is 0. The van der Waals surface area contributed by atoms with E-state index < -0.39 is 0 Å². The van der Waals surface area contributed by atoms with Crippen molar-refractivity contribution in [2.24, 2.45) is 4.99 Å². The lowest BCUT2D eigenvalue weighted by Crippen LogP contribution is -2.24. The highest BCUT2D eigenvalue weighted by Gasteiger charge is 2.20. The summed E-state index contributed by atoms with van der Waals surface area (Å²) in [6.07, 6.45) is 3.84. The zero-order valence-corrected chi connectivity index (χ0v) is 25.2. The summed E-state index contributed by atoms with van der Waals surface area (Å²) in [6, 6.07) is 57.5. The molecule has 6 aromatic carbocycles. The highest BCUT2D eigenvalue weighted by atomic mass is 15.1. The van der Waals surface area contributed by atoms with E-state index in [0.717, 1.165) is 50.5 Å². The Morgan fingerprint density at radius 1 is 0.457 bits per heavy atom. The summed E-state index contributed by atoms with van der Waals surface area (Å²) in [4.78, 5) is 9.99. The Hall–Kier alpha value is -6.06. The number of rotatable bonds is 6. The van der Waals surface area contributed by atoms with Crippen LogP contribution in [0.25, 0.3) is 50.0 Å². The Kier molecular flexibility index (Phi) is 7.26. The van der Waals surface area contributed by atoms with Gasteiger partial charge in [0.1, 0.15) is 6.17 Å². The molecule has 218 valence electrons. The van der Waals surface area contributed by atoms with Crippen molar-refractivity contribution < 1.29 is 0 Å². The Bertz CT molecular complexity index is 2200. The zero-order valence-electron chi connectivity index (χ0n) is 25.2. The molecule has 0 saturated carbocycles. The Morgan fingerprint density at radius 3 is 1.85 bits per heavy atom. The van der Waals surface area contributed by atoms with E-state index in [1.54, 1.807) is 0 Å². The van der Waals surface area contributed by atoms with Gasteiger partial charge < -0.3 is 5.32 Å². The van der Waals surface area contributed by atoms with Gasteiger partial charge in [0.05, 0.1) is 11.4 Å². The summed E-state index contributed by atoms with van der Waals surface area (Å²) in [5, 5.41) is 6.12. The summed E-state index contributed by atoms with van der Waals surface area (Å²) in [6.45, 7) is 0. The van der Waals surface area contributed by atoms with Gasteiger partial charge in [-0.05, 0) is 62.4 Å². The molecular formula is C43H31N3. The van der Waals surface area contributed by atoms with E-state index in [1.165, 1.54) is 21.9 Å². The lowest BCUT2D eigenvalue weighted by Gasteiger charge is -2.25. The number of nitrogens with one attached hydrogen (secondary N) is 1. The lowest BCUT2D eigenvalue weighted by molar-refractivity contribution is 0.664. The minimum Gasteiger partial charge on any atom is -0.360 e. The third kappa shape index (κ3) is 5.51. The Balaban J connectivity index is 1.14. The molecule has 1 aliphatic rings. The lowest BCUT2D eigenvalue weighted by atomic mass is 9.95. The minimum absolute atomic E-state index is 0.192. The molecule has 0 saturated heterocycles. The van der Waals surface area contributed by atoms with Crippen molar-refractivity contribution in [2.75, 3.05) is 0 Å². The SMILES string of the molecule is C1=C(c2ccc(-c3ccccc3)cc2)NC(c2ccccc2)N=C1c1ccc(-c2cccnc2-c2ccc3ccccc3c2)cc1. The van der Waals surface area contributed by atoms with Crippen LogP contribution in [0.3, 0.4) is 0 Å². The van der Waals surface area contributed by atoms with Crippen LogP contribution in [0.2, 0.25) is 0 Å². The van der Waals surface area contributed by atoms with Crippen LogP contribution < -0.4 is 5.32 Å². The van der Waals surface area contributed by atoms with Crippen LogP contribution >= 0.6 is 0 Å². The van der Waals surface area contributed by atoms with Gasteiger partial charge >= 0.3 is 0 Å². The van der Waals surface area contributed by atoms with Crippen molar-refractivity contribution in [3.63, 3.8) is 0 Å². The molecule has 0 spiro atoms. The molecule has 3 heteroatoms. The predicted molar refractivity (Wildman–Crippen MR) is 191 cm³/mol. The second-order valence-corrected chi connectivity index (χ2v) is 11.5. The smallest absolute Gasteiger partial charge is 0.145 e. The van der Waals surface area contributed by atoms with Gasteiger partial charge in [-0.15, -0.1) is 0 Å². The molecule has 1 aromatic heterocycles. The van der Waals surface area contributed by atoms with Gasteiger partial charge in [-0.25, -0.2) is 0 Å². The molecule has 1 unspecified atom stereocenters. The molecular weight excluding hydrogens is 558 g/mol. The first kappa shape index (κ1) is 27.5. The molecule has 2 heterocycles. The quantitative estimate of drug-likeness (QED) is 0.210. The standard InChI is InChI=1S/C43H31N3/c1-3-10-30(11-4-1)32-17-22-34(23-18-32)40-29-41(46-43(45-40)36-13-5-2-6-14-36)35-24-20-33(21-25-35)39-16-9-27-44-42(39)38-26-19-31-12-7-8-15-37(31)28-38/h1-29,43,45H. The van der Waals surface area contributed by atoms with Gasteiger partial charge in [-0.1, -0.05) is 152 Å². The van der Waals surface area contributed by atoms with E-state index >= 15 is 0 Å². The topological polar surface area (TPSA) is 37.3 Å². The van der Waals surface area contributed by atoms with Crippen molar-refractivity contribution in [1.82, 2.24) is 10.3 Å². The fourth-order valence-corrected chi connectivity index (χ4v) is 6.15. The molecule has 1 aliphatic heterocycles. The highest BCUT2D eigenvalue weighted by Crippen LogP contribution is 2.33. The van der Waals surface area contributed by atoms with E-state index in [-0.39, 0.29) is 6.17 Å². The zero-order chi connectivity index (χ0) is 30.7. The molecule has 0 bridgehead atoms. The maximum absolute atomic E-state index is 5.18. The Morgan fingerprint density at radius 2 is 1.07 bits per heavy atom. The second kappa shape index (κ2) is 12.1. The second-order valence-electron chi connectivity index (χ2n) is 11.5. The number of aliphatic imine (C=N–C) groups is 1. The van der Waals surface area contributed by atoms with Gasteiger partial charge in [0.25, 0.3) is 0 Å². The monoisotopic (exact) mass is 589 g/mol. The van der Waals surface area contributed by atoms with Gasteiger partial charge in [0, 0.05) is 23.0 Å². The normalized spacial score (nSPS) is 14.3. The molecule has 46 heavy (non-hydrogen) atoms. The first-order valence-corrected chi connectivity index (χ1v) is 15.6. The molecule has 0 aliphatic carbocycles. The Labute approximate surface area is 269 Å². The number of aromatic nitrogens is 1. The van der Waals surface area contributed by atoms with Crippen molar-refractivity contribution in [2.45, 2.75) is 6.17 Å². The predicted octanol–water partition coefficient (Wildman–Crippen LogP) is 10.4. The van der Waals surface area contributed by atoms with Gasteiger partial charge in [0.15, 0.2) is 0 Å². The van der Waals surface area contributed by atoms with Crippen LogP contribution in [0.4, 0.5) is 0 Å². The molecule has 3 nitrogen and oxygen atoms in total. The fraction of sp³-hybridized carbons (Fsp3) is 0.0233. The average molecular weight is 590 g/mol. The maximum atomic E-state index is 5.18. The number of hydrogen-bond donors (Lipinski definition) is 1. The third-order valence-corrected chi connectivity index (χ3v) is 8.58. The average Bonchev–Trinajstić information content (AvgIpc) is 3.15. The number of fused-ring (bicyclic) bond motifs is 1. The van der Waals surface area contributed by atoms with Crippen molar-refractivity contribution in [1.29, 1.82) is 0 Å². The summed E-state index contributed by atoms with van der Waals surface area (Å²) < 4.78 is 0. The molecule has 7 aromatic rings.